The molecule has 33 heavy (non-hydrogen) atoms. The molecule has 9 heteroatoms. The van der Waals surface area contributed by atoms with Gasteiger partial charge in [-0.25, -0.2) is 0 Å². The summed E-state index contributed by atoms with van der Waals surface area (Å²) < 4.78 is 0. The number of hydrogen-bond donors (Lipinski definition) is 5. The summed E-state index contributed by atoms with van der Waals surface area (Å²) in [5.41, 5.74) is 14.0. The van der Waals surface area contributed by atoms with Gasteiger partial charge in [0.1, 0.15) is 5.82 Å². The van der Waals surface area contributed by atoms with E-state index in [0.717, 1.165) is 44.8 Å². The van der Waals surface area contributed by atoms with Crippen LogP contribution in [-0.4, -0.2) is 66.3 Å². The molecule has 1 aliphatic rings. The Labute approximate surface area is 199 Å². The number of hydrogen-bond acceptors (Lipinski definition) is 7. The monoisotopic (exact) mass is 469 g/mol. The third kappa shape index (κ3) is 6.47. The smallest absolute Gasteiger partial charge is 0.248 e. The van der Waals surface area contributed by atoms with E-state index in [2.05, 4.69) is 27.0 Å². The van der Waals surface area contributed by atoms with E-state index in [-0.39, 0.29) is 27.7 Å². The van der Waals surface area contributed by atoms with Crippen molar-refractivity contribution in [1.82, 2.24) is 20.1 Å². The molecule has 1 aromatic heterocycles. The number of allylic oxidation sites excluding steroid dienone is 2. The Morgan fingerprint density at radius 2 is 1.73 bits per heavy atom. The fraction of sp³-hybridized carbons (Fsp3) is 0.333. The van der Waals surface area contributed by atoms with Crippen LogP contribution in [0, 0.1) is 5.41 Å². The molecule has 0 spiro atoms. The molecule has 0 radical (unpaired) electrons. The highest BCUT2D eigenvalue weighted by Crippen LogP contribution is 2.26. The van der Waals surface area contributed by atoms with Gasteiger partial charge in [0.25, 0.3) is 0 Å². The molecule has 2 aromatic rings. The van der Waals surface area contributed by atoms with E-state index < -0.39 is 0 Å². The molecular weight excluding hydrogens is 438 g/mol. The first-order valence-corrected chi connectivity index (χ1v) is 11.5. The van der Waals surface area contributed by atoms with Crippen molar-refractivity contribution in [3.05, 3.63) is 86.6 Å². The van der Waals surface area contributed by atoms with Crippen molar-refractivity contribution in [1.29, 1.82) is 5.41 Å². The SMILES string of the molecule is CCN1CCN(CCN/C(N)=C(C(=N)c2cccc(=O)[nH]2)/C(Cl)=C(\N)c2ccccc2)CC1. The maximum atomic E-state index is 11.8. The quantitative estimate of drug-likeness (QED) is 0.281. The molecule has 8 nitrogen and oxygen atoms in total. The van der Waals surface area contributed by atoms with Crippen LogP contribution in [0.15, 0.2) is 69.8 Å². The molecule has 176 valence electrons. The summed E-state index contributed by atoms with van der Waals surface area (Å²) in [6, 6.07) is 13.9. The van der Waals surface area contributed by atoms with Gasteiger partial charge in [-0.15, -0.1) is 0 Å². The normalized spacial score (nSPS) is 16.7. The average Bonchev–Trinajstić information content (AvgIpc) is 2.84. The van der Waals surface area contributed by atoms with Crippen LogP contribution in [0.1, 0.15) is 18.2 Å². The van der Waals surface area contributed by atoms with Crippen LogP contribution in [0.5, 0.6) is 0 Å². The largest absolute Gasteiger partial charge is 0.397 e. The molecular formula is C24H32ClN7O. The highest BCUT2D eigenvalue weighted by Gasteiger charge is 2.21. The molecule has 0 aliphatic carbocycles. The van der Waals surface area contributed by atoms with Crippen molar-refractivity contribution < 1.29 is 0 Å². The molecule has 1 aromatic carbocycles. The minimum Gasteiger partial charge on any atom is -0.397 e. The molecule has 0 atom stereocenters. The number of aromatic nitrogens is 1. The maximum Gasteiger partial charge on any atom is 0.248 e. The minimum atomic E-state index is -0.314. The lowest BCUT2D eigenvalue weighted by Gasteiger charge is -2.34. The number of halogens is 1. The first-order valence-electron chi connectivity index (χ1n) is 11.1. The van der Waals surface area contributed by atoms with E-state index in [9.17, 15) is 4.79 Å². The number of nitrogens with two attached hydrogens (primary N) is 2. The highest BCUT2D eigenvalue weighted by molar-refractivity contribution is 6.39. The number of nitrogens with one attached hydrogen (secondary N) is 3. The summed E-state index contributed by atoms with van der Waals surface area (Å²) in [5.74, 6) is 0.237. The van der Waals surface area contributed by atoms with Crippen molar-refractivity contribution in [2.45, 2.75) is 6.92 Å². The molecule has 0 bridgehead atoms. The molecule has 2 heterocycles. The van der Waals surface area contributed by atoms with Crippen LogP contribution in [0.3, 0.4) is 0 Å². The molecule has 7 N–H and O–H groups in total. The van der Waals surface area contributed by atoms with Gasteiger partial charge in [-0.2, -0.15) is 0 Å². The van der Waals surface area contributed by atoms with Crippen LogP contribution in [0.4, 0.5) is 0 Å². The first kappa shape index (κ1) is 24.6. The zero-order chi connectivity index (χ0) is 23.8. The highest BCUT2D eigenvalue weighted by atomic mass is 35.5. The Morgan fingerprint density at radius 3 is 2.36 bits per heavy atom. The topological polar surface area (TPSA) is 127 Å². The molecule has 1 saturated heterocycles. The number of rotatable bonds is 9. The van der Waals surface area contributed by atoms with Gasteiger partial charge in [0.05, 0.1) is 27.7 Å². The van der Waals surface area contributed by atoms with E-state index in [0.29, 0.717) is 17.9 Å². The van der Waals surface area contributed by atoms with Crippen molar-refractivity contribution in [2.24, 2.45) is 11.5 Å². The van der Waals surface area contributed by atoms with E-state index in [1.165, 1.54) is 6.07 Å². The zero-order valence-electron chi connectivity index (χ0n) is 18.9. The summed E-state index contributed by atoms with van der Waals surface area (Å²) in [4.78, 5) is 19.3. The Balaban J connectivity index is 1.85. The van der Waals surface area contributed by atoms with E-state index in [1.807, 2.05) is 30.3 Å². The summed E-state index contributed by atoms with van der Waals surface area (Å²) in [5, 5.41) is 12.1. The fourth-order valence-corrected chi connectivity index (χ4v) is 4.04. The third-order valence-electron chi connectivity index (χ3n) is 5.75. The average molecular weight is 470 g/mol. The Bertz CT molecular complexity index is 1070. The van der Waals surface area contributed by atoms with E-state index >= 15 is 0 Å². The van der Waals surface area contributed by atoms with Gasteiger partial charge in [0, 0.05) is 45.3 Å². The van der Waals surface area contributed by atoms with Crippen LogP contribution >= 0.6 is 11.6 Å². The molecule has 0 saturated carbocycles. The molecule has 1 aliphatic heterocycles. The minimum absolute atomic E-state index is 0.0156. The van der Waals surface area contributed by atoms with Crippen LogP contribution < -0.4 is 22.3 Å². The predicted octanol–water partition coefficient (Wildman–Crippen LogP) is 1.71. The van der Waals surface area contributed by atoms with Gasteiger partial charge < -0.3 is 26.7 Å². The lowest BCUT2D eigenvalue weighted by atomic mass is 10.0. The fourth-order valence-electron chi connectivity index (χ4n) is 3.74. The number of nitrogens with zero attached hydrogens (tertiary/aromatic N) is 2. The summed E-state index contributed by atoms with van der Waals surface area (Å²) in [6.07, 6.45) is 0. The molecule has 1 fully saturated rings. The number of pyridine rings is 1. The van der Waals surface area contributed by atoms with Crippen molar-refractivity contribution in [2.75, 3.05) is 45.8 Å². The lowest BCUT2D eigenvalue weighted by Crippen LogP contribution is -2.48. The Morgan fingerprint density at radius 1 is 1.06 bits per heavy atom. The van der Waals surface area contributed by atoms with Gasteiger partial charge in [-0.3, -0.25) is 15.1 Å². The van der Waals surface area contributed by atoms with Crippen molar-refractivity contribution in [3.63, 3.8) is 0 Å². The molecule has 0 unspecified atom stereocenters. The number of H-pyrrole nitrogens is 1. The van der Waals surface area contributed by atoms with Gasteiger partial charge >= 0.3 is 0 Å². The van der Waals surface area contributed by atoms with Crippen LogP contribution in [0.25, 0.3) is 5.70 Å². The van der Waals surface area contributed by atoms with Crippen molar-refractivity contribution >= 4 is 23.0 Å². The summed E-state index contributed by atoms with van der Waals surface area (Å²) in [6.45, 7) is 8.79. The lowest BCUT2D eigenvalue weighted by molar-refractivity contribution is 0.138. The van der Waals surface area contributed by atoms with Crippen LogP contribution in [0.2, 0.25) is 0 Å². The number of likely N-dealkylation sites (N-methyl/N-ethyl adjacent to an activating group) is 1. The second kappa shape index (κ2) is 11.7. The zero-order valence-corrected chi connectivity index (χ0v) is 19.7. The second-order valence-corrected chi connectivity index (χ2v) is 8.27. The van der Waals surface area contributed by atoms with Gasteiger partial charge in [0.15, 0.2) is 0 Å². The Kier molecular flexibility index (Phi) is 8.71. The predicted molar refractivity (Wildman–Crippen MR) is 135 cm³/mol. The number of benzene rings is 1. The van der Waals surface area contributed by atoms with Gasteiger partial charge in [0.2, 0.25) is 5.56 Å². The van der Waals surface area contributed by atoms with Crippen molar-refractivity contribution in [3.8, 4) is 0 Å². The molecule has 3 rings (SSSR count). The standard InChI is InChI=1S/C24H32ClN7O/c1-2-31-13-15-32(16-14-31)12-11-29-24(28)20(23(27)18-9-6-10-19(33)30-18)21(25)22(26)17-7-4-3-5-8-17/h3-10,27,29H,2,11-16,26,28H2,1H3,(H,30,33)/b22-21+,24-20-,27-23?. The Hall–Kier alpha value is -3.07. The third-order valence-corrected chi connectivity index (χ3v) is 6.15. The number of aromatic amines is 1. The van der Waals surface area contributed by atoms with Gasteiger partial charge in [-0.05, 0) is 18.2 Å². The molecule has 0 amide bonds. The first-order chi connectivity index (χ1) is 15.9. The second-order valence-electron chi connectivity index (χ2n) is 7.89. The van der Waals surface area contributed by atoms with Gasteiger partial charge in [-0.1, -0.05) is 54.9 Å². The van der Waals surface area contributed by atoms with E-state index in [4.69, 9.17) is 28.5 Å². The maximum absolute atomic E-state index is 11.8. The summed E-state index contributed by atoms with van der Waals surface area (Å²) in [7, 11) is 0. The summed E-state index contributed by atoms with van der Waals surface area (Å²) >= 11 is 6.70. The van der Waals surface area contributed by atoms with Crippen LogP contribution in [-0.2, 0) is 0 Å². The number of piperazine rings is 1. The van der Waals surface area contributed by atoms with E-state index in [1.54, 1.807) is 12.1 Å².